The van der Waals surface area contributed by atoms with Crippen LogP contribution in [0.3, 0.4) is 0 Å². The van der Waals surface area contributed by atoms with Gasteiger partial charge in [-0.1, -0.05) is 18.7 Å². The number of benzene rings is 1. The lowest BCUT2D eigenvalue weighted by Gasteiger charge is -2.08. The zero-order valence-electron chi connectivity index (χ0n) is 7.82. The van der Waals surface area contributed by atoms with E-state index in [9.17, 15) is 4.79 Å². The van der Waals surface area contributed by atoms with Gasteiger partial charge in [-0.15, -0.1) is 0 Å². The average molecular weight is 193 g/mol. The van der Waals surface area contributed by atoms with Gasteiger partial charge in [0, 0.05) is 6.08 Å². The van der Waals surface area contributed by atoms with E-state index in [1.807, 2.05) is 6.07 Å². The molecule has 0 atom stereocenters. The number of nitrogens with one attached hydrogen (secondary N) is 1. The number of carbonyl (C=O) groups is 1. The number of anilines is 1. The van der Waals surface area contributed by atoms with Crippen LogP contribution >= 0.6 is 0 Å². The van der Waals surface area contributed by atoms with Crippen LogP contribution in [0.25, 0.3) is 0 Å². The number of methoxy groups -OCH3 is 1. The van der Waals surface area contributed by atoms with Gasteiger partial charge in [-0.05, 0) is 12.1 Å². The summed E-state index contributed by atoms with van der Waals surface area (Å²) < 4.78 is 5.03. The van der Waals surface area contributed by atoms with Gasteiger partial charge in [0.1, 0.15) is 11.4 Å². The first-order valence-corrected chi connectivity index (χ1v) is 4.00. The second kappa shape index (κ2) is 4.91. The van der Waals surface area contributed by atoms with Crippen molar-refractivity contribution in [1.29, 1.82) is 0 Å². The third-order valence-electron chi connectivity index (χ3n) is 1.54. The lowest BCUT2D eigenvalue weighted by atomic mass is 10.3. The molecule has 0 bridgehead atoms. The van der Waals surface area contributed by atoms with Crippen LogP contribution in [0.5, 0.6) is 5.75 Å². The van der Waals surface area contributed by atoms with Crippen molar-refractivity contribution in [3.8, 4) is 5.75 Å². The van der Waals surface area contributed by atoms with Crippen LogP contribution in [0.4, 0.5) is 5.69 Å². The topological polar surface area (TPSA) is 47.6 Å². The van der Waals surface area contributed by atoms with Crippen molar-refractivity contribution in [2.45, 2.75) is 0 Å². The van der Waals surface area contributed by atoms with E-state index < -0.39 is 5.97 Å². The Balaban J connectivity index is 2.66. The number of rotatable bonds is 4. The highest BCUT2D eigenvalue weighted by molar-refractivity contribution is 5.82. The third-order valence-corrected chi connectivity index (χ3v) is 1.54. The highest BCUT2D eigenvalue weighted by Gasteiger charge is 2.02. The smallest absolute Gasteiger partial charge is 0.355 e. The Morgan fingerprint density at radius 3 is 2.86 bits per heavy atom. The molecular formula is C10H11NO3. The fraction of sp³-hybridized carbons (Fsp3) is 0.100. The Kier molecular flexibility index (Phi) is 3.55. The maximum absolute atomic E-state index is 10.7. The molecule has 0 radical (unpaired) electrons. The van der Waals surface area contributed by atoms with Crippen molar-refractivity contribution in [3.05, 3.63) is 36.9 Å². The fourth-order valence-corrected chi connectivity index (χ4v) is 0.876. The summed E-state index contributed by atoms with van der Waals surface area (Å²) in [5, 5.41) is 0. The number of hydrogen-bond donors (Lipinski definition) is 1. The van der Waals surface area contributed by atoms with E-state index >= 15 is 0 Å². The SMILES string of the molecule is C=CC(=O)ONc1ccccc1OC. The molecule has 74 valence electrons. The first kappa shape index (κ1) is 10.1. The Hall–Kier alpha value is -1.97. The van der Waals surface area contributed by atoms with Crippen molar-refractivity contribution < 1.29 is 14.4 Å². The van der Waals surface area contributed by atoms with Crippen LogP contribution < -0.4 is 10.2 Å². The number of hydrogen-bond acceptors (Lipinski definition) is 4. The Bertz CT molecular complexity index is 336. The van der Waals surface area contributed by atoms with E-state index in [0.717, 1.165) is 6.08 Å². The van der Waals surface area contributed by atoms with E-state index in [2.05, 4.69) is 16.9 Å². The highest BCUT2D eigenvalue weighted by Crippen LogP contribution is 2.22. The Labute approximate surface area is 82.1 Å². The van der Waals surface area contributed by atoms with Gasteiger partial charge < -0.3 is 9.57 Å². The predicted octanol–water partition coefficient (Wildman–Crippen LogP) is 1.75. The summed E-state index contributed by atoms with van der Waals surface area (Å²) in [5.41, 5.74) is 3.06. The van der Waals surface area contributed by atoms with Crippen LogP contribution in [-0.2, 0) is 9.63 Å². The van der Waals surface area contributed by atoms with Crippen LogP contribution in [0.1, 0.15) is 0 Å². The van der Waals surface area contributed by atoms with E-state index in [1.54, 1.807) is 18.2 Å². The van der Waals surface area contributed by atoms with E-state index in [-0.39, 0.29) is 0 Å². The monoisotopic (exact) mass is 193 g/mol. The summed E-state index contributed by atoms with van der Waals surface area (Å²) in [6, 6.07) is 7.10. The van der Waals surface area contributed by atoms with Gasteiger partial charge in [-0.3, -0.25) is 0 Å². The largest absolute Gasteiger partial charge is 0.494 e. The molecule has 14 heavy (non-hydrogen) atoms. The maximum atomic E-state index is 10.7. The lowest BCUT2D eigenvalue weighted by molar-refractivity contribution is -0.134. The van der Waals surface area contributed by atoms with E-state index in [0.29, 0.717) is 11.4 Å². The Morgan fingerprint density at radius 2 is 2.21 bits per heavy atom. The average Bonchev–Trinajstić information content (AvgIpc) is 2.26. The molecule has 0 amide bonds. The summed E-state index contributed by atoms with van der Waals surface area (Å²) in [5.74, 6) is 0.0558. The van der Waals surface area contributed by atoms with Crippen LogP contribution in [0.15, 0.2) is 36.9 Å². The molecule has 4 heteroatoms. The summed E-state index contributed by atoms with van der Waals surface area (Å²) in [6.07, 6.45) is 1.07. The van der Waals surface area contributed by atoms with Crippen molar-refractivity contribution >= 4 is 11.7 Å². The zero-order chi connectivity index (χ0) is 10.4. The summed E-state index contributed by atoms with van der Waals surface area (Å²) in [4.78, 5) is 15.4. The lowest BCUT2D eigenvalue weighted by Crippen LogP contribution is -2.07. The molecule has 4 nitrogen and oxygen atoms in total. The normalized spacial score (nSPS) is 8.93. The van der Waals surface area contributed by atoms with Crippen molar-refractivity contribution in [3.63, 3.8) is 0 Å². The van der Waals surface area contributed by atoms with Gasteiger partial charge in [0.2, 0.25) is 0 Å². The molecule has 1 N–H and O–H groups in total. The summed E-state index contributed by atoms with van der Waals surface area (Å²) in [6.45, 7) is 3.27. The fourth-order valence-electron chi connectivity index (χ4n) is 0.876. The van der Waals surface area contributed by atoms with Crippen LogP contribution in [0.2, 0.25) is 0 Å². The summed E-state index contributed by atoms with van der Waals surface area (Å²) >= 11 is 0. The molecule has 1 aromatic rings. The highest BCUT2D eigenvalue weighted by atomic mass is 16.7. The summed E-state index contributed by atoms with van der Waals surface area (Å²) in [7, 11) is 1.54. The standard InChI is InChI=1S/C10H11NO3/c1-3-10(12)14-11-8-6-4-5-7-9(8)13-2/h3-7,11H,1H2,2H3. The minimum absolute atomic E-state index is 0.545. The number of ether oxygens (including phenoxy) is 1. The first-order chi connectivity index (χ1) is 6.77. The Morgan fingerprint density at radius 1 is 1.50 bits per heavy atom. The molecule has 0 aliphatic rings. The van der Waals surface area contributed by atoms with Crippen molar-refractivity contribution in [2.75, 3.05) is 12.6 Å². The minimum Gasteiger partial charge on any atom is -0.494 e. The molecule has 0 aliphatic heterocycles. The molecular weight excluding hydrogens is 182 g/mol. The molecule has 1 aromatic carbocycles. The molecule has 0 heterocycles. The maximum Gasteiger partial charge on any atom is 0.355 e. The number of carbonyl (C=O) groups excluding carboxylic acids is 1. The van der Waals surface area contributed by atoms with Crippen molar-refractivity contribution in [2.24, 2.45) is 0 Å². The molecule has 1 rings (SSSR count). The van der Waals surface area contributed by atoms with Crippen LogP contribution in [0, 0.1) is 0 Å². The first-order valence-electron chi connectivity index (χ1n) is 4.00. The van der Waals surface area contributed by atoms with Crippen molar-refractivity contribution in [1.82, 2.24) is 0 Å². The molecule has 0 unspecified atom stereocenters. The molecule has 0 spiro atoms. The second-order valence-corrected chi connectivity index (χ2v) is 2.43. The molecule has 0 saturated carbocycles. The zero-order valence-corrected chi connectivity index (χ0v) is 7.82. The minimum atomic E-state index is -0.545. The molecule has 0 aliphatic carbocycles. The predicted molar refractivity (Wildman–Crippen MR) is 52.9 cm³/mol. The molecule has 0 saturated heterocycles. The second-order valence-electron chi connectivity index (χ2n) is 2.43. The van der Waals surface area contributed by atoms with Gasteiger partial charge in [0.05, 0.1) is 7.11 Å². The molecule has 0 fully saturated rings. The third kappa shape index (κ3) is 2.52. The van der Waals surface area contributed by atoms with Gasteiger partial charge in [-0.25, -0.2) is 10.3 Å². The number of para-hydroxylation sites is 2. The van der Waals surface area contributed by atoms with Gasteiger partial charge in [-0.2, -0.15) is 0 Å². The van der Waals surface area contributed by atoms with Gasteiger partial charge >= 0.3 is 5.97 Å². The van der Waals surface area contributed by atoms with E-state index in [1.165, 1.54) is 7.11 Å². The molecule has 0 aromatic heterocycles. The van der Waals surface area contributed by atoms with Gasteiger partial charge in [0.25, 0.3) is 0 Å². The van der Waals surface area contributed by atoms with Crippen LogP contribution in [-0.4, -0.2) is 13.1 Å². The van der Waals surface area contributed by atoms with Gasteiger partial charge in [0.15, 0.2) is 0 Å². The van der Waals surface area contributed by atoms with E-state index in [4.69, 9.17) is 4.74 Å². The quantitative estimate of drug-likeness (QED) is 0.584.